The summed E-state index contributed by atoms with van der Waals surface area (Å²) in [7, 11) is 0. The molecule has 0 saturated heterocycles. The van der Waals surface area contributed by atoms with E-state index in [1.807, 2.05) is 6.20 Å². The van der Waals surface area contributed by atoms with Gasteiger partial charge in [-0.05, 0) is 18.9 Å². The van der Waals surface area contributed by atoms with Crippen LogP contribution in [0.25, 0.3) is 16.8 Å². The van der Waals surface area contributed by atoms with Gasteiger partial charge in [0.15, 0.2) is 11.3 Å². The Labute approximate surface area is 111 Å². The maximum Gasteiger partial charge on any atom is 0.179 e. The van der Waals surface area contributed by atoms with Crippen LogP contribution >= 0.6 is 0 Å². The zero-order valence-electron chi connectivity index (χ0n) is 10.8. The molecule has 1 aliphatic carbocycles. The van der Waals surface area contributed by atoms with Gasteiger partial charge in [0.2, 0.25) is 0 Å². The molecule has 0 unspecified atom stereocenters. The topological polar surface area (TPSA) is 58.9 Å². The largest absolute Gasteiger partial charge is 0.345 e. The second-order valence-electron chi connectivity index (χ2n) is 5.41. The van der Waals surface area contributed by atoms with Gasteiger partial charge in [-0.15, -0.1) is 10.2 Å². The molecule has 3 heterocycles. The van der Waals surface area contributed by atoms with Gasteiger partial charge < -0.3 is 4.98 Å². The normalized spacial score (nSPS) is 18.1. The molecule has 0 bridgehead atoms. The van der Waals surface area contributed by atoms with Crippen molar-refractivity contribution < 1.29 is 0 Å². The van der Waals surface area contributed by atoms with Gasteiger partial charge in [0.05, 0.1) is 11.7 Å². The van der Waals surface area contributed by atoms with Crippen LogP contribution in [0.5, 0.6) is 0 Å². The fourth-order valence-electron chi connectivity index (χ4n) is 3.20. The smallest absolute Gasteiger partial charge is 0.179 e. The Bertz CT molecular complexity index is 703. The fourth-order valence-corrected chi connectivity index (χ4v) is 3.20. The van der Waals surface area contributed by atoms with Gasteiger partial charge in [0.1, 0.15) is 5.82 Å². The van der Waals surface area contributed by atoms with E-state index in [1.165, 1.54) is 38.5 Å². The zero-order valence-corrected chi connectivity index (χ0v) is 10.8. The highest BCUT2D eigenvalue weighted by molar-refractivity contribution is 5.74. The monoisotopic (exact) mass is 255 g/mol. The number of nitrogens with zero attached hydrogens (tertiary/aromatic N) is 4. The Kier molecular flexibility index (Phi) is 2.50. The van der Waals surface area contributed by atoms with Crippen LogP contribution in [0.3, 0.4) is 0 Å². The average Bonchev–Trinajstić information content (AvgIpc) is 2.98. The Morgan fingerprint density at radius 1 is 1.11 bits per heavy atom. The Morgan fingerprint density at radius 3 is 2.79 bits per heavy atom. The van der Waals surface area contributed by atoms with E-state index < -0.39 is 0 Å². The van der Waals surface area contributed by atoms with Gasteiger partial charge in [-0.2, -0.15) is 0 Å². The minimum absolute atomic E-state index is 0.540. The van der Waals surface area contributed by atoms with E-state index in [0.717, 1.165) is 22.6 Å². The maximum absolute atomic E-state index is 4.45. The van der Waals surface area contributed by atoms with Gasteiger partial charge in [0.25, 0.3) is 0 Å². The molecule has 1 fully saturated rings. The van der Waals surface area contributed by atoms with Crippen molar-refractivity contribution in [2.24, 2.45) is 0 Å². The highest BCUT2D eigenvalue weighted by Gasteiger charge is 2.21. The fraction of sp³-hybridized carbons (Fsp3) is 0.500. The highest BCUT2D eigenvalue weighted by Crippen LogP contribution is 2.31. The molecule has 4 rings (SSSR count). The number of rotatable bonds is 1. The van der Waals surface area contributed by atoms with Crippen molar-refractivity contribution in [3.05, 3.63) is 24.3 Å². The van der Waals surface area contributed by atoms with Crippen LogP contribution in [0.15, 0.2) is 18.5 Å². The van der Waals surface area contributed by atoms with Crippen molar-refractivity contribution in [2.45, 2.75) is 44.4 Å². The number of H-pyrrole nitrogens is 1. The Hall–Kier alpha value is -1.91. The molecule has 5 nitrogen and oxygen atoms in total. The summed E-state index contributed by atoms with van der Waals surface area (Å²) in [6, 6.07) is 2.05. The molecular weight excluding hydrogens is 238 g/mol. The number of aromatic nitrogens is 5. The first-order chi connectivity index (χ1) is 9.43. The van der Waals surface area contributed by atoms with E-state index in [1.54, 1.807) is 6.20 Å². The predicted octanol–water partition coefficient (Wildman–Crippen LogP) is 3.04. The first kappa shape index (κ1) is 11.0. The van der Waals surface area contributed by atoms with E-state index in [4.69, 9.17) is 0 Å². The van der Waals surface area contributed by atoms with Crippen molar-refractivity contribution in [3.63, 3.8) is 0 Å². The quantitative estimate of drug-likeness (QED) is 0.680. The van der Waals surface area contributed by atoms with E-state index in [2.05, 4.69) is 30.6 Å². The van der Waals surface area contributed by atoms with Crippen LogP contribution in [0.1, 0.15) is 50.3 Å². The van der Waals surface area contributed by atoms with Gasteiger partial charge in [-0.3, -0.25) is 4.40 Å². The molecule has 3 aromatic rings. The molecule has 19 heavy (non-hydrogen) atoms. The summed E-state index contributed by atoms with van der Waals surface area (Å²) in [5.74, 6) is 1.65. The Balaban J connectivity index is 1.90. The third-order valence-electron chi connectivity index (χ3n) is 4.19. The number of hydrogen-bond acceptors (Lipinski definition) is 3. The third-order valence-corrected chi connectivity index (χ3v) is 4.19. The number of nitrogens with one attached hydrogen (secondary N) is 1. The lowest BCUT2D eigenvalue weighted by atomic mass is 9.99. The molecule has 0 aromatic carbocycles. The van der Waals surface area contributed by atoms with Crippen LogP contribution in [0.2, 0.25) is 0 Å². The van der Waals surface area contributed by atoms with Crippen LogP contribution in [-0.4, -0.2) is 24.6 Å². The summed E-state index contributed by atoms with van der Waals surface area (Å²) in [5, 5.41) is 8.74. The Morgan fingerprint density at radius 2 is 1.95 bits per heavy atom. The van der Waals surface area contributed by atoms with Crippen LogP contribution < -0.4 is 0 Å². The lowest BCUT2D eigenvalue weighted by Gasteiger charge is -2.12. The molecule has 98 valence electrons. The van der Waals surface area contributed by atoms with Gasteiger partial charge in [-0.1, -0.05) is 25.7 Å². The van der Waals surface area contributed by atoms with Crippen molar-refractivity contribution in [3.8, 4) is 0 Å². The first-order valence-corrected chi connectivity index (χ1v) is 7.10. The summed E-state index contributed by atoms with van der Waals surface area (Å²) in [6.45, 7) is 0. The van der Waals surface area contributed by atoms with Crippen molar-refractivity contribution in [1.82, 2.24) is 24.6 Å². The zero-order chi connectivity index (χ0) is 12.7. The predicted molar refractivity (Wildman–Crippen MR) is 73.1 cm³/mol. The van der Waals surface area contributed by atoms with Crippen molar-refractivity contribution in [1.29, 1.82) is 0 Å². The number of fused-ring (bicyclic) bond motifs is 3. The molecule has 0 amide bonds. The molecule has 0 aliphatic heterocycles. The lowest BCUT2D eigenvalue weighted by Crippen LogP contribution is -2.04. The summed E-state index contributed by atoms with van der Waals surface area (Å²) in [5.41, 5.74) is 2.84. The molecule has 0 spiro atoms. The second-order valence-corrected chi connectivity index (χ2v) is 5.41. The molecule has 1 N–H and O–H groups in total. The maximum atomic E-state index is 4.45. The average molecular weight is 255 g/mol. The number of hydrogen-bond donors (Lipinski definition) is 1. The summed E-state index contributed by atoms with van der Waals surface area (Å²) < 4.78 is 2.18. The van der Waals surface area contributed by atoms with E-state index in [0.29, 0.717) is 5.92 Å². The molecule has 1 aliphatic rings. The van der Waals surface area contributed by atoms with E-state index in [9.17, 15) is 0 Å². The van der Waals surface area contributed by atoms with Gasteiger partial charge in [-0.25, -0.2) is 4.98 Å². The van der Waals surface area contributed by atoms with E-state index in [-0.39, 0.29) is 0 Å². The summed E-state index contributed by atoms with van der Waals surface area (Å²) >= 11 is 0. The standard InChI is InChI=1S/C14H17N5/c1-2-4-6-10(5-3-1)14-18-17-12-9-16-13-11(19(12)14)7-8-15-13/h7-10,15H,1-6H2. The summed E-state index contributed by atoms with van der Waals surface area (Å²) in [6.07, 6.45) is 11.5. The van der Waals surface area contributed by atoms with Crippen LogP contribution in [-0.2, 0) is 0 Å². The molecule has 1 saturated carbocycles. The molecule has 0 atom stereocenters. The van der Waals surface area contributed by atoms with Crippen LogP contribution in [0.4, 0.5) is 0 Å². The number of aromatic amines is 1. The third kappa shape index (κ3) is 1.72. The minimum atomic E-state index is 0.540. The van der Waals surface area contributed by atoms with Crippen molar-refractivity contribution >= 4 is 16.8 Å². The van der Waals surface area contributed by atoms with Gasteiger partial charge in [0, 0.05) is 12.1 Å². The molecular formula is C14H17N5. The molecule has 5 heteroatoms. The summed E-state index contributed by atoms with van der Waals surface area (Å²) in [4.78, 5) is 7.52. The van der Waals surface area contributed by atoms with Crippen LogP contribution in [0, 0.1) is 0 Å². The minimum Gasteiger partial charge on any atom is -0.345 e. The second kappa shape index (κ2) is 4.33. The SMILES string of the molecule is c1cc2c(ncc3nnc(C4CCCCCC4)n32)[nH]1. The molecule has 3 aromatic heterocycles. The first-order valence-electron chi connectivity index (χ1n) is 7.10. The highest BCUT2D eigenvalue weighted by atomic mass is 15.3. The van der Waals surface area contributed by atoms with Crippen molar-refractivity contribution in [2.75, 3.05) is 0 Å². The molecule has 0 radical (unpaired) electrons. The lowest BCUT2D eigenvalue weighted by molar-refractivity contribution is 0.557. The van der Waals surface area contributed by atoms with E-state index >= 15 is 0 Å². The van der Waals surface area contributed by atoms with Gasteiger partial charge >= 0.3 is 0 Å².